The zero-order chi connectivity index (χ0) is 6.41. The molecule has 0 fully saturated rings. The highest BCUT2D eigenvalue weighted by Gasteiger charge is 1.90. The van der Waals surface area contributed by atoms with Gasteiger partial charge in [0.2, 0.25) is 0 Å². The Kier molecular flexibility index (Phi) is 10.9. The van der Waals surface area contributed by atoms with Crippen molar-refractivity contribution >= 4 is 12.4 Å². The van der Waals surface area contributed by atoms with Gasteiger partial charge in [0, 0.05) is 6.54 Å². The first-order valence-electron chi connectivity index (χ1n) is 3.16. The molecule has 0 heterocycles. The number of hydrogen-bond donors (Lipinski definition) is 2. The zero-order valence-corrected chi connectivity index (χ0v) is 6.87. The Balaban J connectivity index is 0. The number of nitrogens with one attached hydrogen (secondary N) is 1. The molecular weight excluding hydrogens is 138 g/mol. The van der Waals surface area contributed by atoms with Gasteiger partial charge in [-0.3, -0.25) is 0 Å². The van der Waals surface area contributed by atoms with Crippen molar-refractivity contribution in [1.29, 1.82) is 0 Å². The van der Waals surface area contributed by atoms with Crippen molar-refractivity contribution in [3.05, 3.63) is 0 Å². The van der Waals surface area contributed by atoms with Gasteiger partial charge in [-0.05, 0) is 19.9 Å². The lowest BCUT2D eigenvalue weighted by Gasteiger charge is -2.03. The van der Waals surface area contributed by atoms with Crippen molar-refractivity contribution in [2.24, 2.45) is 0 Å². The Morgan fingerprint density at radius 3 is 2.44 bits per heavy atom. The molecule has 0 aromatic carbocycles. The highest BCUT2D eigenvalue weighted by Crippen LogP contribution is 1.75. The van der Waals surface area contributed by atoms with Crippen LogP contribution in [0.3, 0.4) is 0 Å². The van der Waals surface area contributed by atoms with E-state index in [2.05, 4.69) is 12.2 Å². The third kappa shape index (κ3) is 11.7. The summed E-state index contributed by atoms with van der Waals surface area (Å²) in [7, 11) is 0. The minimum absolute atomic E-state index is 0. The molecule has 2 N–H and O–H groups in total. The number of aliphatic hydroxyl groups is 1. The zero-order valence-electron chi connectivity index (χ0n) is 6.05. The molecule has 58 valence electrons. The second kappa shape index (κ2) is 8.21. The van der Waals surface area contributed by atoms with Crippen LogP contribution in [-0.4, -0.2) is 24.3 Å². The molecule has 0 aromatic rings. The number of aliphatic hydroxyl groups excluding tert-OH is 1. The molecule has 9 heavy (non-hydrogen) atoms. The summed E-state index contributed by atoms with van der Waals surface area (Å²) < 4.78 is 0. The molecule has 0 bridgehead atoms. The summed E-state index contributed by atoms with van der Waals surface area (Å²) >= 11 is 0. The molecule has 0 radical (unpaired) electrons. The fourth-order valence-corrected chi connectivity index (χ4v) is 0.488. The van der Waals surface area contributed by atoms with Crippen LogP contribution in [0.4, 0.5) is 0 Å². The normalized spacial score (nSPS) is 12.3. The summed E-state index contributed by atoms with van der Waals surface area (Å²) in [5.74, 6) is 0. The maximum absolute atomic E-state index is 8.72. The van der Waals surface area contributed by atoms with Crippen LogP contribution in [0, 0.1) is 0 Å². The second-order valence-corrected chi connectivity index (χ2v) is 2.05. The highest BCUT2D eigenvalue weighted by molar-refractivity contribution is 5.85. The van der Waals surface area contributed by atoms with Crippen LogP contribution in [0.15, 0.2) is 0 Å². The average molecular weight is 154 g/mol. The third-order valence-electron chi connectivity index (χ3n) is 0.867. The number of halogens is 1. The lowest BCUT2D eigenvalue weighted by atomic mass is 10.4. The standard InChI is InChI=1S/C6H15NO.ClH/c1-3-4-7-5-6(2)8;/h6-8H,3-5H2,1-2H3;1H/t6-;/m1./s1. The maximum atomic E-state index is 8.72. The molecule has 0 saturated carbocycles. The molecule has 1 atom stereocenters. The second-order valence-electron chi connectivity index (χ2n) is 2.05. The summed E-state index contributed by atoms with van der Waals surface area (Å²) in [5.41, 5.74) is 0. The van der Waals surface area contributed by atoms with Crippen LogP contribution in [0.1, 0.15) is 20.3 Å². The van der Waals surface area contributed by atoms with Crippen molar-refractivity contribution < 1.29 is 5.11 Å². The molecule has 0 amide bonds. The molecule has 0 saturated heterocycles. The first-order chi connectivity index (χ1) is 3.77. The molecule has 0 unspecified atom stereocenters. The van der Waals surface area contributed by atoms with Gasteiger partial charge in [-0.1, -0.05) is 6.92 Å². The van der Waals surface area contributed by atoms with Crippen LogP contribution in [0.2, 0.25) is 0 Å². The maximum Gasteiger partial charge on any atom is 0.0636 e. The number of rotatable bonds is 4. The number of hydrogen-bond acceptors (Lipinski definition) is 2. The van der Waals surface area contributed by atoms with Gasteiger partial charge in [0.15, 0.2) is 0 Å². The van der Waals surface area contributed by atoms with Crippen LogP contribution in [-0.2, 0) is 0 Å². The van der Waals surface area contributed by atoms with E-state index < -0.39 is 0 Å². The average Bonchev–Trinajstić information content (AvgIpc) is 1.66. The Bertz CT molecular complexity index is 50.3. The van der Waals surface area contributed by atoms with Crippen LogP contribution >= 0.6 is 12.4 Å². The molecule has 0 aliphatic carbocycles. The van der Waals surface area contributed by atoms with Gasteiger partial charge in [0.25, 0.3) is 0 Å². The van der Waals surface area contributed by atoms with Gasteiger partial charge in [-0.2, -0.15) is 0 Å². The Hall–Kier alpha value is 0.210. The molecule has 3 heteroatoms. The molecule has 0 aliphatic heterocycles. The third-order valence-corrected chi connectivity index (χ3v) is 0.867. The topological polar surface area (TPSA) is 32.3 Å². The Labute approximate surface area is 63.1 Å². The molecule has 0 rings (SSSR count). The SMILES string of the molecule is CCCNC[C@@H](C)O.Cl. The van der Waals surface area contributed by atoms with Crippen molar-refractivity contribution in [2.75, 3.05) is 13.1 Å². The monoisotopic (exact) mass is 153 g/mol. The minimum Gasteiger partial charge on any atom is -0.392 e. The van der Waals surface area contributed by atoms with Crippen LogP contribution < -0.4 is 5.32 Å². The largest absolute Gasteiger partial charge is 0.392 e. The fourth-order valence-electron chi connectivity index (χ4n) is 0.488. The van der Waals surface area contributed by atoms with Crippen LogP contribution in [0.5, 0.6) is 0 Å². The highest BCUT2D eigenvalue weighted by atomic mass is 35.5. The van der Waals surface area contributed by atoms with E-state index in [1.165, 1.54) is 0 Å². The van der Waals surface area contributed by atoms with Gasteiger partial charge < -0.3 is 10.4 Å². The lowest BCUT2D eigenvalue weighted by molar-refractivity contribution is 0.191. The van der Waals surface area contributed by atoms with Gasteiger partial charge in [-0.25, -0.2) is 0 Å². The van der Waals surface area contributed by atoms with Gasteiger partial charge in [0.1, 0.15) is 0 Å². The van der Waals surface area contributed by atoms with Crippen molar-refractivity contribution in [1.82, 2.24) is 5.32 Å². The molecule has 0 aromatic heterocycles. The smallest absolute Gasteiger partial charge is 0.0636 e. The lowest BCUT2D eigenvalue weighted by Crippen LogP contribution is -2.24. The summed E-state index contributed by atoms with van der Waals surface area (Å²) in [6.07, 6.45) is 0.925. The molecular formula is C6H16ClNO. The van der Waals surface area contributed by atoms with E-state index in [4.69, 9.17) is 5.11 Å². The van der Waals surface area contributed by atoms with Crippen molar-refractivity contribution in [3.63, 3.8) is 0 Å². The summed E-state index contributed by atoms with van der Waals surface area (Å²) in [6, 6.07) is 0. The molecule has 2 nitrogen and oxygen atoms in total. The van der Waals surface area contributed by atoms with Crippen LogP contribution in [0.25, 0.3) is 0 Å². The summed E-state index contributed by atoms with van der Waals surface area (Å²) in [5, 5.41) is 11.8. The first-order valence-corrected chi connectivity index (χ1v) is 3.16. The predicted molar refractivity (Wildman–Crippen MR) is 42.1 cm³/mol. The van der Waals surface area contributed by atoms with E-state index in [1.54, 1.807) is 6.92 Å². The van der Waals surface area contributed by atoms with Crippen molar-refractivity contribution in [2.45, 2.75) is 26.4 Å². The Morgan fingerprint density at radius 2 is 2.11 bits per heavy atom. The van der Waals surface area contributed by atoms with E-state index in [0.717, 1.165) is 13.0 Å². The summed E-state index contributed by atoms with van der Waals surface area (Å²) in [6.45, 7) is 5.61. The fraction of sp³-hybridized carbons (Fsp3) is 1.00. The minimum atomic E-state index is -0.207. The molecule has 0 spiro atoms. The van der Waals surface area contributed by atoms with E-state index in [0.29, 0.717) is 6.54 Å². The van der Waals surface area contributed by atoms with E-state index in [9.17, 15) is 0 Å². The van der Waals surface area contributed by atoms with Gasteiger partial charge in [0.05, 0.1) is 6.10 Å². The quantitative estimate of drug-likeness (QED) is 0.586. The van der Waals surface area contributed by atoms with E-state index in [-0.39, 0.29) is 18.5 Å². The van der Waals surface area contributed by atoms with Crippen molar-refractivity contribution in [3.8, 4) is 0 Å². The summed E-state index contributed by atoms with van der Waals surface area (Å²) in [4.78, 5) is 0. The van der Waals surface area contributed by atoms with E-state index >= 15 is 0 Å². The van der Waals surface area contributed by atoms with Gasteiger partial charge in [-0.15, -0.1) is 12.4 Å². The Morgan fingerprint density at radius 1 is 1.56 bits per heavy atom. The first kappa shape index (κ1) is 11.9. The predicted octanol–water partition coefficient (Wildman–Crippen LogP) is 0.789. The van der Waals surface area contributed by atoms with Gasteiger partial charge >= 0.3 is 0 Å². The van der Waals surface area contributed by atoms with E-state index in [1.807, 2.05) is 0 Å². The molecule has 0 aliphatic rings.